The molecule has 2 N–H and O–H groups in total. The van der Waals surface area contributed by atoms with Crippen LogP contribution in [0.25, 0.3) is 0 Å². The van der Waals surface area contributed by atoms with Crippen molar-refractivity contribution < 1.29 is 19.7 Å². The third-order valence-corrected chi connectivity index (χ3v) is 3.63. The van der Waals surface area contributed by atoms with E-state index in [1.54, 1.807) is 0 Å². The van der Waals surface area contributed by atoms with E-state index in [-0.39, 0.29) is 35.0 Å². The summed E-state index contributed by atoms with van der Waals surface area (Å²) in [4.78, 5) is 12.2. The van der Waals surface area contributed by atoms with Gasteiger partial charge in [0.25, 0.3) is 0 Å². The molecule has 0 saturated heterocycles. The first kappa shape index (κ1) is 14.7. The van der Waals surface area contributed by atoms with Crippen LogP contribution in [0.2, 0.25) is 0 Å². The Kier molecular flexibility index (Phi) is 3.93. The molecule has 4 nitrogen and oxygen atoms in total. The van der Waals surface area contributed by atoms with Gasteiger partial charge in [-0.2, -0.15) is 0 Å². The fourth-order valence-electron chi connectivity index (χ4n) is 2.63. The van der Waals surface area contributed by atoms with E-state index in [2.05, 4.69) is 6.92 Å². The van der Waals surface area contributed by atoms with E-state index in [1.165, 1.54) is 6.07 Å². The molecular weight excluding hydrogens is 256 g/mol. The van der Waals surface area contributed by atoms with Gasteiger partial charge in [-0.05, 0) is 26.7 Å². The fraction of sp³-hybridized carbons (Fsp3) is 0.562. The third kappa shape index (κ3) is 2.74. The number of fused-ring (bicyclic) bond motifs is 1. The summed E-state index contributed by atoms with van der Waals surface area (Å²) in [5, 5.41) is 20.3. The van der Waals surface area contributed by atoms with Gasteiger partial charge in [0, 0.05) is 11.6 Å². The van der Waals surface area contributed by atoms with Gasteiger partial charge in [-0.1, -0.05) is 19.8 Å². The molecule has 0 saturated carbocycles. The fourth-order valence-corrected chi connectivity index (χ4v) is 2.63. The zero-order valence-corrected chi connectivity index (χ0v) is 12.3. The number of ketones is 1. The van der Waals surface area contributed by atoms with Crippen LogP contribution in [0.5, 0.6) is 17.2 Å². The van der Waals surface area contributed by atoms with Crippen LogP contribution >= 0.6 is 0 Å². The molecule has 110 valence electrons. The number of benzene rings is 1. The van der Waals surface area contributed by atoms with Crippen LogP contribution in [0.15, 0.2) is 6.07 Å². The highest BCUT2D eigenvalue weighted by Crippen LogP contribution is 2.44. The van der Waals surface area contributed by atoms with Gasteiger partial charge >= 0.3 is 0 Å². The molecule has 0 aliphatic carbocycles. The maximum Gasteiger partial charge on any atom is 0.174 e. The highest BCUT2D eigenvalue weighted by Gasteiger charge is 2.36. The summed E-state index contributed by atoms with van der Waals surface area (Å²) in [5.74, 6) is 0.0328. The predicted molar refractivity (Wildman–Crippen MR) is 76.7 cm³/mol. The lowest BCUT2D eigenvalue weighted by atomic mass is 9.90. The van der Waals surface area contributed by atoms with E-state index in [4.69, 9.17) is 4.74 Å². The molecular formula is C16H22O4. The van der Waals surface area contributed by atoms with Crippen molar-refractivity contribution in [2.45, 2.75) is 58.5 Å². The van der Waals surface area contributed by atoms with Crippen LogP contribution in [0.4, 0.5) is 0 Å². The van der Waals surface area contributed by atoms with E-state index < -0.39 is 5.60 Å². The Morgan fingerprint density at radius 2 is 2.00 bits per heavy atom. The first-order chi connectivity index (χ1) is 9.35. The van der Waals surface area contributed by atoms with Crippen molar-refractivity contribution in [1.29, 1.82) is 0 Å². The van der Waals surface area contributed by atoms with E-state index in [9.17, 15) is 15.0 Å². The summed E-state index contributed by atoms with van der Waals surface area (Å²) in [7, 11) is 0. The number of phenols is 2. The topological polar surface area (TPSA) is 66.8 Å². The molecule has 1 aliphatic rings. The maximum atomic E-state index is 12.2. The SMILES string of the molecule is CCCCCc1c(O)cc2c(c1O)C(=O)CC(C)(C)O2. The number of phenolic OH excluding ortho intramolecular Hbond substituents is 2. The molecule has 0 amide bonds. The zero-order valence-electron chi connectivity index (χ0n) is 12.3. The summed E-state index contributed by atoms with van der Waals surface area (Å²) in [6.45, 7) is 5.72. The zero-order chi connectivity index (χ0) is 14.9. The second-order valence-corrected chi connectivity index (χ2v) is 6.01. The van der Waals surface area contributed by atoms with E-state index in [0.717, 1.165) is 19.3 Å². The van der Waals surface area contributed by atoms with Crippen LogP contribution in [-0.4, -0.2) is 21.6 Å². The first-order valence-electron chi connectivity index (χ1n) is 7.15. The molecule has 1 heterocycles. The Morgan fingerprint density at radius 1 is 1.30 bits per heavy atom. The molecule has 0 unspecified atom stereocenters. The van der Waals surface area contributed by atoms with E-state index in [1.807, 2.05) is 13.8 Å². The van der Waals surface area contributed by atoms with Gasteiger partial charge < -0.3 is 14.9 Å². The summed E-state index contributed by atoms with van der Waals surface area (Å²) in [5.41, 5.74) is 0.0645. The molecule has 20 heavy (non-hydrogen) atoms. The quantitative estimate of drug-likeness (QED) is 0.826. The van der Waals surface area contributed by atoms with Crippen molar-refractivity contribution in [3.63, 3.8) is 0 Å². The van der Waals surface area contributed by atoms with Gasteiger partial charge in [-0.3, -0.25) is 4.79 Å². The van der Waals surface area contributed by atoms with E-state index >= 15 is 0 Å². The molecule has 0 fully saturated rings. The van der Waals surface area contributed by atoms with Crippen molar-refractivity contribution in [2.24, 2.45) is 0 Å². The number of carbonyl (C=O) groups is 1. The number of carbonyl (C=O) groups excluding carboxylic acids is 1. The van der Waals surface area contributed by atoms with Crippen molar-refractivity contribution in [3.05, 3.63) is 17.2 Å². The Balaban J connectivity index is 2.40. The second kappa shape index (κ2) is 5.35. The number of rotatable bonds is 4. The lowest BCUT2D eigenvalue weighted by Crippen LogP contribution is -2.36. The van der Waals surface area contributed by atoms with Gasteiger partial charge in [0.15, 0.2) is 5.78 Å². The Hall–Kier alpha value is -1.71. The van der Waals surface area contributed by atoms with Gasteiger partial charge in [0.05, 0.1) is 6.42 Å². The van der Waals surface area contributed by atoms with Gasteiger partial charge in [0.1, 0.15) is 28.4 Å². The molecule has 0 radical (unpaired) electrons. The minimum Gasteiger partial charge on any atom is -0.507 e. The number of hydrogen-bond donors (Lipinski definition) is 2. The monoisotopic (exact) mass is 278 g/mol. The van der Waals surface area contributed by atoms with Crippen molar-refractivity contribution in [3.8, 4) is 17.2 Å². The maximum absolute atomic E-state index is 12.2. The number of ether oxygens (including phenoxy) is 1. The lowest BCUT2D eigenvalue weighted by molar-refractivity contribution is 0.0612. The standard InChI is InChI=1S/C16H22O4/c1-4-5-6-7-10-11(17)8-13-14(15(10)19)12(18)9-16(2,3)20-13/h8,17,19H,4-7,9H2,1-3H3. The van der Waals surface area contributed by atoms with Gasteiger partial charge in [0.2, 0.25) is 0 Å². The van der Waals surface area contributed by atoms with Crippen molar-refractivity contribution in [2.75, 3.05) is 0 Å². The molecule has 1 aliphatic heterocycles. The predicted octanol–water partition coefficient (Wildman–Crippen LogP) is 3.57. The first-order valence-corrected chi connectivity index (χ1v) is 7.15. The van der Waals surface area contributed by atoms with Crippen LogP contribution in [-0.2, 0) is 6.42 Å². The molecule has 2 rings (SSSR count). The Bertz CT molecular complexity index is 532. The minimum absolute atomic E-state index is 0.00264. The number of aromatic hydroxyl groups is 2. The molecule has 0 aromatic heterocycles. The average Bonchev–Trinajstić information content (AvgIpc) is 2.30. The van der Waals surface area contributed by atoms with Crippen molar-refractivity contribution >= 4 is 5.78 Å². The Morgan fingerprint density at radius 3 is 2.65 bits per heavy atom. The Labute approximate surface area is 119 Å². The summed E-state index contributed by atoms with van der Waals surface area (Å²) in [6.07, 6.45) is 3.75. The largest absolute Gasteiger partial charge is 0.507 e. The molecule has 4 heteroatoms. The summed E-state index contributed by atoms with van der Waals surface area (Å²) >= 11 is 0. The lowest BCUT2D eigenvalue weighted by Gasteiger charge is -2.32. The van der Waals surface area contributed by atoms with Gasteiger partial charge in [-0.25, -0.2) is 0 Å². The van der Waals surface area contributed by atoms with Crippen LogP contribution in [0.1, 0.15) is 62.4 Å². The molecule has 0 spiro atoms. The van der Waals surface area contributed by atoms with Crippen LogP contribution < -0.4 is 4.74 Å². The second-order valence-electron chi connectivity index (χ2n) is 6.01. The average molecular weight is 278 g/mol. The third-order valence-electron chi connectivity index (χ3n) is 3.63. The summed E-state index contributed by atoms with van der Waals surface area (Å²) in [6, 6.07) is 1.45. The number of Topliss-reactive ketones (excluding diaryl/α,β-unsaturated/α-hetero) is 1. The van der Waals surface area contributed by atoms with Crippen molar-refractivity contribution in [1.82, 2.24) is 0 Å². The molecule has 0 atom stereocenters. The van der Waals surface area contributed by atoms with Crippen LogP contribution in [0.3, 0.4) is 0 Å². The highest BCUT2D eigenvalue weighted by atomic mass is 16.5. The molecule has 1 aromatic carbocycles. The molecule has 1 aromatic rings. The highest BCUT2D eigenvalue weighted by molar-refractivity contribution is 6.03. The number of hydrogen-bond acceptors (Lipinski definition) is 4. The van der Waals surface area contributed by atoms with E-state index in [0.29, 0.717) is 12.0 Å². The minimum atomic E-state index is -0.604. The van der Waals surface area contributed by atoms with Gasteiger partial charge in [-0.15, -0.1) is 0 Å². The molecule has 0 bridgehead atoms. The van der Waals surface area contributed by atoms with Crippen LogP contribution in [0, 0.1) is 0 Å². The summed E-state index contributed by atoms with van der Waals surface area (Å²) < 4.78 is 5.69. The number of unbranched alkanes of at least 4 members (excludes halogenated alkanes) is 2. The smallest absolute Gasteiger partial charge is 0.174 e. The normalized spacial score (nSPS) is 16.6.